The average molecular weight is 502 g/mol. The minimum Gasteiger partial charge on any atom is -0.475 e. The molecule has 4 rings (SSSR count). The lowest BCUT2D eigenvalue weighted by molar-refractivity contribution is -0.193. The number of hydrogen-bond acceptors (Lipinski definition) is 5. The van der Waals surface area contributed by atoms with Gasteiger partial charge in [0.05, 0.1) is 5.54 Å². The maximum absolute atomic E-state index is 10.6. The summed E-state index contributed by atoms with van der Waals surface area (Å²) in [5.74, 6) is -3.17. The van der Waals surface area contributed by atoms with E-state index in [1.165, 1.54) is 56.8 Å². The molecule has 3 aliphatic rings. The van der Waals surface area contributed by atoms with Gasteiger partial charge in [-0.05, 0) is 45.6 Å². The standard InChI is InChI=1S/C16H26N4.2C2HF3O2/c1-13-11-17-15-16(18(2)9-10-20(13)15)5-7-19(8-6-16)12-14-3-4-14;2*3-2(4,5)1(6)7/h11,14H,3-10,12H2,1-2H3;2*(H,6,7). The number of aliphatic carboxylic acids is 2. The molecule has 14 heteroatoms. The Morgan fingerprint density at radius 3 is 1.88 bits per heavy atom. The second kappa shape index (κ2) is 10.5. The number of likely N-dealkylation sites (N-methyl/N-ethyl adjacent to an activating group) is 1. The van der Waals surface area contributed by atoms with E-state index in [0.29, 0.717) is 0 Å². The molecule has 2 aliphatic heterocycles. The van der Waals surface area contributed by atoms with E-state index >= 15 is 0 Å². The molecule has 0 amide bonds. The van der Waals surface area contributed by atoms with Crippen molar-refractivity contribution >= 4 is 11.9 Å². The van der Waals surface area contributed by atoms with Crippen LogP contribution in [0.3, 0.4) is 0 Å². The Hall–Kier alpha value is -2.35. The number of carboxylic acids is 2. The number of piperidine rings is 1. The van der Waals surface area contributed by atoms with E-state index in [4.69, 9.17) is 24.8 Å². The van der Waals surface area contributed by atoms with E-state index in [2.05, 4.69) is 34.5 Å². The van der Waals surface area contributed by atoms with Crippen molar-refractivity contribution in [1.29, 1.82) is 0 Å². The average Bonchev–Trinajstić information content (AvgIpc) is 3.46. The fraction of sp³-hybridized carbons (Fsp3) is 0.750. The number of fused-ring (bicyclic) bond motifs is 2. The molecule has 1 aliphatic carbocycles. The first-order chi connectivity index (χ1) is 15.6. The Balaban J connectivity index is 0.000000244. The summed E-state index contributed by atoms with van der Waals surface area (Å²) in [7, 11) is 2.30. The highest BCUT2D eigenvalue weighted by atomic mass is 19.4. The number of alkyl halides is 6. The van der Waals surface area contributed by atoms with Gasteiger partial charge in [-0.1, -0.05) is 0 Å². The molecule has 34 heavy (non-hydrogen) atoms. The summed E-state index contributed by atoms with van der Waals surface area (Å²) < 4.78 is 65.9. The highest BCUT2D eigenvalue weighted by Crippen LogP contribution is 2.41. The zero-order valence-electron chi connectivity index (χ0n) is 18.8. The quantitative estimate of drug-likeness (QED) is 0.600. The first-order valence-electron chi connectivity index (χ1n) is 10.6. The number of imidazole rings is 1. The van der Waals surface area contributed by atoms with Gasteiger partial charge in [0, 0.05) is 44.6 Å². The molecule has 2 fully saturated rings. The van der Waals surface area contributed by atoms with E-state index in [1.807, 2.05) is 0 Å². The maximum atomic E-state index is 10.6. The number of carboxylic acid groups (broad SMARTS) is 2. The van der Waals surface area contributed by atoms with Crippen LogP contribution >= 0.6 is 0 Å². The Morgan fingerprint density at radius 2 is 1.47 bits per heavy atom. The predicted octanol–water partition coefficient (Wildman–Crippen LogP) is 3.10. The zero-order valence-corrected chi connectivity index (χ0v) is 18.8. The summed E-state index contributed by atoms with van der Waals surface area (Å²) in [5, 5.41) is 14.2. The van der Waals surface area contributed by atoms with E-state index in [-0.39, 0.29) is 5.54 Å². The molecule has 3 heterocycles. The molecule has 2 N–H and O–H groups in total. The van der Waals surface area contributed by atoms with Gasteiger partial charge in [-0.25, -0.2) is 14.6 Å². The van der Waals surface area contributed by atoms with Gasteiger partial charge in [0.1, 0.15) is 5.82 Å². The predicted molar refractivity (Wildman–Crippen MR) is 107 cm³/mol. The Morgan fingerprint density at radius 1 is 1.00 bits per heavy atom. The van der Waals surface area contributed by atoms with Gasteiger partial charge in [-0.2, -0.15) is 26.3 Å². The topological polar surface area (TPSA) is 98.9 Å². The van der Waals surface area contributed by atoms with E-state index in [0.717, 1.165) is 19.0 Å². The summed E-state index contributed by atoms with van der Waals surface area (Å²) in [6.07, 6.45) is -2.69. The van der Waals surface area contributed by atoms with Crippen LogP contribution in [0.15, 0.2) is 6.20 Å². The van der Waals surface area contributed by atoms with Crippen LogP contribution in [0, 0.1) is 12.8 Å². The summed E-state index contributed by atoms with van der Waals surface area (Å²) in [4.78, 5) is 27.8. The molecule has 1 spiro atoms. The summed E-state index contributed by atoms with van der Waals surface area (Å²) in [6, 6.07) is 0. The Bertz CT molecular complexity index is 834. The Labute approximate surface area is 192 Å². The molecule has 0 aromatic carbocycles. The third kappa shape index (κ3) is 7.08. The van der Waals surface area contributed by atoms with Crippen LogP contribution in [0.25, 0.3) is 0 Å². The smallest absolute Gasteiger partial charge is 0.475 e. The molecule has 0 radical (unpaired) electrons. The molecule has 8 nitrogen and oxygen atoms in total. The normalized spacial score (nSPS) is 20.5. The monoisotopic (exact) mass is 502 g/mol. The van der Waals surface area contributed by atoms with Crippen LogP contribution in [-0.4, -0.2) is 87.1 Å². The molecular weight excluding hydrogens is 474 g/mol. The molecule has 1 saturated heterocycles. The van der Waals surface area contributed by atoms with Gasteiger partial charge in [-0.15, -0.1) is 0 Å². The largest absolute Gasteiger partial charge is 0.490 e. The lowest BCUT2D eigenvalue weighted by Crippen LogP contribution is -2.56. The van der Waals surface area contributed by atoms with Crippen molar-refractivity contribution in [3.05, 3.63) is 17.7 Å². The first kappa shape index (κ1) is 27.9. The van der Waals surface area contributed by atoms with Gasteiger partial charge in [0.25, 0.3) is 0 Å². The molecule has 0 atom stereocenters. The lowest BCUT2D eigenvalue weighted by Gasteiger charge is -2.49. The minimum atomic E-state index is -5.08. The van der Waals surface area contributed by atoms with E-state index in [9.17, 15) is 26.3 Å². The third-order valence-corrected chi connectivity index (χ3v) is 6.24. The number of likely N-dealkylation sites (tertiary alicyclic amines) is 1. The van der Waals surface area contributed by atoms with Gasteiger partial charge in [0.2, 0.25) is 0 Å². The summed E-state index contributed by atoms with van der Waals surface area (Å²) in [6.45, 7) is 8.28. The molecule has 0 unspecified atom stereocenters. The molecule has 1 aromatic rings. The molecular formula is C20H28F6N4O4. The molecule has 1 aromatic heterocycles. The van der Waals surface area contributed by atoms with E-state index < -0.39 is 24.3 Å². The van der Waals surface area contributed by atoms with Gasteiger partial charge >= 0.3 is 24.3 Å². The van der Waals surface area contributed by atoms with Gasteiger partial charge in [-0.3, -0.25) is 4.90 Å². The number of aryl methyl sites for hydroxylation is 1. The fourth-order valence-electron chi connectivity index (χ4n) is 4.13. The van der Waals surface area contributed by atoms with Crippen LogP contribution in [0.2, 0.25) is 0 Å². The van der Waals surface area contributed by atoms with Crippen molar-refractivity contribution < 1.29 is 46.1 Å². The molecule has 1 saturated carbocycles. The van der Waals surface area contributed by atoms with Crippen molar-refractivity contribution in [1.82, 2.24) is 19.4 Å². The van der Waals surface area contributed by atoms with Gasteiger partial charge < -0.3 is 19.7 Å². The number of carbonyl (C=O) groups is 2. The van der Waals surface area contributed by atoms with Crippen LogP contribution in [0.4, 0.5) is 26.3 Å². The number of halogens is 6. The van der Waals surface area contributed by atoms with Crippen molar-refractivity contribution in [2.24, 2.45) is 5.92 Å². The number of aromatic nitrogens is 2. The third-order valence-electron chi connectivity index (χ3n) is 6.24. The number of nitrogens with zero attached hydrogens (tertiary/aromatic N) is 4. The maximum Gasteiger partial charge on any atom is 0.490 e. The van der Waals surface area contributed by atoms with E-state index in [1.54, 1.807) is 0 Å². The van der Waals surface area contributed by atoms with Crippen LogP contribution in [0.5, 0.6) is 0 Å². The SMILES string of the molecule is Cc1cnc2n1CCN(C)C21CCN(CC2CC2)CC1.O=C(O)C(F)(F)F.O=C(O)C(F)(F)F. The van der Waals surface area contributed by atoms with Crippen molar-refractivity contribution in [2.75, 3.05) is 33.2 Å². The first-order valence-corrected chi connectivity index (χ1v) is 10.6. The second-order valence-corrected chi connectivity index (χ2v) is 8.68. The fourth-order valence-corrected chi connectivity index (χ4v) is 4.13. The van der Waals surface area contributed by atoms with Gasteiger partial charge in [0.15, 0.2) is 0 Å². The lowest BCUT2D eigenvalue weighted by atomic mass is 9.83. The van der Waals surface area contributed by atoms with Crippen LogP contribution in [0.1, 0.15) is 37.2 Å². The Kier molecular flexibility index (Phi) is 8.62. The minimum absolute atomic E-state index is 0.201. The zero-order chi connectivity index (χ0) is 25.9. The van der Waals surface area contributed by atoms with Crippen LogP contribution < -0.4 is 0 Å². The van der Waals surface area contributed by atoms with Crippen molar-refractivity contribution in [2.45, 2.75) is 57.0 Å². The summed E-state index contributed by atoms with van der Waals surface area (Å²) in [5.41, 5.74) is 1.53. The van der Waals surface area contributed by atoms with Crippen molar-refractivity contribution in [3.8, 4) is 0 Å². The number of hydrogen-bond donors (Lipinski definition) is 2. The summed E-state index contributed by atoms with van der Waals surface area (Å²) >= 11 is 0. The number of rotatable bonds is 2. The van der Waals surface area contributed by atoms with Crippen LogP contribution in [-0.2, 0) is 21.7 Å². The van der Waals surface area contributed by atoms with Crippen molar-refractivity contribution in [3.63, 3.8) is 0 Å². The highest BCUT2D eigenvalue weighted by molar-refractivity contribution is 5.73. The highest BCUT2D eigenvalue weighted by Gasteiger charge is 2.45. The second-order valence-electron chi connectivity index (χ2n) is 8.68. The molecule has 0 bridgehead atoms. The molecule has 194 valence electrons.